The van der Waals surface area contributed by atoms with Crippen LogP contribution >= 0.6 is 0 Å². The van der Waals surface area contributed by atoms with Gasteiger partial charge in [-0.15, -0.1) is 0 Å². The first-order valence-corrected chi connectivity index (χ1v) is 6.09. The average molecular weight is 236 g/mol. The van der Waals surface area contributed by atoms with E-state index in [0.717, 1.165) is 24.2 Å². The van der Waals surface area contributed by atoms with Gasteiger partial charge in [0, 0.05) is 6.61 Å². The second kappa shape index (κ2) is 7.85. The highest BCUT2D eigenvalue weighted by Gasteiger charge is 2.00. The third kappa shape index (κ3) is 6.07. The lowest BCUT2D eigenvalue weighted by atomic mass is 10.1. The minimum absolute atomic E-state index is 0.0810. The first-order chi connectivity index (χ1) is 8.22. The van der Waals surface area contributed by atoms with Crippen molar-refractivity contribution in [1.82, 2.24) is 0 Å². The summed E-state index contributed by atoms with van der Waals surface area (Å²) in [5, 5.41) is 8.64. The normalized spacial score (nSPS) is 10.4. The number of benzene rings is 1. The molecule has 0 aliphatic carbocycles. The molecule has 0 aliphatic rings. The Labute approximate surface area is 102 Å². The molecule has 0 amide bonds. The van der Waals surface area contributed by atoms with Gasteiger partial charge in [-0.2, -0.15) is 0 Å². The summed E-state index contributed by atoms with van der Waals surface area (Å²) in [5.41, 5.74) is 1.92. The molecule has 0 radical (unpaired) electrons. The van der Waals surface area contributed by atoms with E-state index in [-0.39, 0.29) is 6.42 Å². The topological polar surface area (TPSA) is 46.5 Å². The highest BCUT2D eigenvalue weighted by atomic mass is 16.5. The zero-order chi connectivity index (χ0) is 12.5. The van der Waals surface area contributed by atoms with Gasteiger partial charge in [-0.3, -0.25) is 4.79 Å². The van der Waals surface area contributed by atoms with E-state index in [9.17, 15) is 4.79 Å². The van der Waals surface area contributed by atoms with Crippen LogP contribution in [0.1, 0.15) is 37.3 Å². The third-order valence-corrected chi connectivity index (χ3v) is 2.54. The van der Waals surface area contributed by atoms with Crippen molar-refractivity contribution in [2.24, 2.45) is 0 Å². The standard InChI is InChI=1S/C14H20O3/c1-2-3-4-9-17-11-13-7-5-12(6-8-13)10-14(15)16/h5-8H,2-4,9-11H2,1H3,(H,15,16). The molecule has 3 heteroatoms. The van der Waals surface area contributed by atoms with Crippen molar-refractivity contribution in [3.8, 4) is 0 Å². The smallest absolute Gasteiger partial charge is 0.307 e. The van der Waals surface area contributed by atoms with Gasteiger partial charge in [-0.25, -0.2) is 0 Å². The Morgan fingerprint density at radius 3 is 2.41 bits per heavy atom. The van der Waals surface area contributed by atoms with Crippen molar-refractivity contribution in [2.45, 2.75) is 39.2 Å². The third-order valence-electron chi connectivity index (χ3n) is 2.54. The van der Waals surface area contributed by atoms with Gasteiger partial charge in [0.05, 0.1) is 13.0 Å². The molecule has 0 bridgehead atoms. The summed E-state index contributed by atoms with van der Waals surface area (Å²) in [5.74, 6) is -0.798. The second-order valence-electron chi connectivity index (χ2n) is 4.15. The van der Waals surface area contributed by atoms with E-state index in [4.69, 9.17) is 9.84 Å². The Morgan fingerprint density at radius 1 is 1.18 bits per heavy atom. The predicted octanol–water partition coefficient (Wildman–Crippen LogP) is 3.02. The van der Waals surface area contributed by atoms with Gasteiger partial charge in [0.15, 0.2) is 0 Å². The highest BCUT2D eigenvalue weighted by Crippen LogP contribution is 2.07. The maximum atomic E-state index is 10.5. The van der Waals surface area contributed by atoms with Crippen molar-refractivity contribution >= 4 is 5.97 Å². The number of carboxylic acid groups (broad SMARTS) is 1. The lowest BCUT2D eigenvalue weighted by Gasteiger charge is -2.04. The molecule has 0 fully saturated rings. The number of hydrogen-bond acceptors (Lipinski definition) is 2. The lowest BCUT2D eigenvalue weighted by Crippen LogP contribution is -2.00. The quantitative estimate of drug-likeness (QED) is 0.706. The fourth-order valence-corrected chi connectivity index (χ4v) is 1.57. The van der Waals surface area contributed by atoms with Crippen LogP contribution in [0.15, 0.2) is 24.3 Å². The Kier molecular flexibility index (Phi) is 6.33. The van der Waals surface area contributed by atoms with Crippen molar-refractivity contribution in [2.75, 3.05) is 6.61 Å². The van der Waals surface area contributed by atoms with E-state index in [0.29, 0.717) is 6.61 Å². The molecule has 1 rings (SSSR count). The molecule has 0 aromatic heterocycles. The number of carboxylic acids is 1. The molecule has 0 saturated heterocycles. The molecule has 0 saturated carbocycles. The van der Waals surface area contributed by atoms with Gasteiger partial charge in [0.1, 0.15) is 0 Å². The molecule has 0 heterocycles. The summed E-state index contributed by atoms with van der Waals surface area (Å²) in [6.07, 6.45) is 3.59. The number of carbonyl (C=O) groups is 1. The minimum Gasteiger partial charge on any atom is -0.481 e. The SMILES string of the molecule is CCCCCOCc1ccc(CC(=O)O)cc1. The molecular formula is C14H20O3. The Balaban J connectivity index is 2.28. The van der Waals surface area contributed by atoms with E-state index < -0.39 is 5.97 Å². The molecule has 3 nitrogen and oxygen atoms in total. The molecule has 0 atom stereocenters. The fraction of sp³-hybridized carbons (Fsp3) is 0.500. The maximum Gasteiger partial charge on any atom is 0.307 e. The van der Waals surface area contributed by atoms with Gasteiger partial charge in [-0.05, 0) is 17.5 Å². The predicted molar refractivity (Wildman–Crippen MR) is 67.0 cm³/mol. The summed E-state index contributed by atoms with van der Waals surface area (Å²) < 4.78 is 5.53. The summed E-state index contributed by atoms with van der Waals surface area (Å²) in [6.45, 7) is 3.57. The molecule has 0 unspecified atom stereocenters. The molecule has 0 spiro atoms. The number of unbranched alkanes of at least 4 members (excludes halogenated alkanes) is 2. The van der Waals surface area contributed by atoms with E-state index in [2.05, 4.69) is 6.92 Å². The van der Waals surface area contributed by atoms with E-state index in [1.807, 2.05) is 24.3 Å². The summed E-state index contributed by atoms with van der Waals surface area (Å²) in [7, 11) is 0. The molecule has 17 heavy (non-hydrogen) atoms. The number of aliphatic carboxylic acids is 1. The first-order valence-electron chi connectivity index (χ1n) is 6.09. The Morgan fingerprint density at radius 2 is 1.82 bits per heavy atom. The van der Waals surface area contributed by atoms with Gasteiger partial charge < -0.3 is 9.84 Å². The number of ether oxygens (including phenoxy) is 1. The zero-order valence-electron chi connectivity index (χ0n) is 10.3. The minimum atomic E-state index is -0.798. The summed E-state index contributed by atoms with van der Waals surface area (Å²) >= 11 is 0. The summed E-state index contributed by atoms with van der Waals surface area (Å²) in [4.78, 5) is 10.5. The van der Waals surface area contributed by atoms with Crippen LogP contribution in [0.2, 0.25) is 0 Å². The maximum absolute atomic E-state index is 10.5. The first kappa shape index (κ1) is 13.7. The Hall–Kier alpha value is -1.35. The molecule has 94 valence electrons. The fourth-order valence-electron chi connectivity index (χ4n) is 1.57. The van der Waals surface area contributed by atoms with Gasteiger partial charge in [0.2, 0.25) is 0 Å². The van der Waals surface area contributed by atoms with E-state index in [1.165, 1.54) is 12.8 Å². The molecule has 1 N–H and O–H groups in total. The molecular weight excluding hydrogens is 216 g/mol. The Bertz CT molecular complexity index is 330. The molecule has 1 aromatic rings. The summed E-state index contributed by atoms with van der Waals surface area (Å²) in [6, 6.07) is 7.55. The van der Waals surface area contributed by atoms with E-state index >= 15 is 0 Å². The second-order valence-corrected chi connectivity index (χ2v) is 4.15. The van der Waals surface area contributed by atoms with Gasteiger partial charge in [0.25, 0.3) is 0 Å². The van der Waals surface area contributed by atoms with Crippen molar-refractivity contribution in [3.63, 3.8) is 0 Å². The van der Waals surface area contributed by atoms with Crippen LogP contribution in [0.5, 0.6) is 0 Å². The van der Waals surface area contributed by atoms with Crippen molar-refractivity contribution in [3.05, 3.63) is 35.4 Å². The van der Waals surface area contributed by atoms with Crippen molar-refractivity contribution in [1.29, 1.82) is 0 Å². The highest BCUT2D eigenvalue weighted by molar-refractivity contribution is 5.70. The lowest BCUT2D eigenvalue weighted by molar-refractivity contribution is -0.136. The van der Waals surface area contributed by atoms with Crippen molar-refractivity contribution < 1.29 is 14.6 Å². The molecule has 1 aromatic carbocycles. The zero-order valence-corrected chi connectivity index (χ0v) is 10.3. The monoisotopic (exact) mass is 236 g/mol. The van der Waals surface area contributed by atoms with Crippen LogP contribution in [0, 0.1) is 0 Å². The van der Waals surface area contributed by atoms with Gasteiger partial charge in [-0.1, -0.05) is 44.0 Å². The van der Waals surface area contributed by atoms with Gasteiger partial charge >= 0.3 is 5.97 Å². The molecule has 0 aliphatic heterocycles. The van der Waals surface area contributed by atoms with Crippen LogP contribution in [-0.2, 0) is 22.6 Å². The van der Waals surface area contributed by atoms with Crippen LogP contribution in [0.25, 0.3) is 0 Å². The van der Waals surface area contributed by atoms with Crippen LogP contribution in [0.3, 0.4) is 0 Å². The van der Waals surface area contributed by atoms with E-state index in [1.54, 1.807) is 0 Å². The largest absolute Gasteiger partial charge is 0.481 e. The number of hydrogen-bond donors (Lipinski definition) is 1. The average Bonchev–Trinajstić information content (AvgIpc) is 2.30. The van der Waals surface area contributed by atoms with Crippen LogP contribution < -0.4 is 0 Å². The number of rotatable bonds is 8. The van der Waals surface area contributed by atoms with Crippen LogP contribution in [-0.4, -0.2) is 17.7 Å². The van der Waals surface area contributed by atoms with Crippen LogP contribution in [0.4, 0.5) is 0 Å².